The molecule has 0 spiro atoms. The van der Waals surface area contributed by atoms with Crippen LogP contribution in [0.4, 0.5) is 15.8 Å². The molecule has 1 heterocycles. The summed E-state index contributed by atoms with van der Waals surface area (Å²) in [5.74, 6) is -1.58. The van der Waals surface area contributed by atoms with E-state index in [0.29, 0.717) is 22.9 Å². The minimum absolute atomic E-state index is 0.0341. The molecule has 8 nitrogen and oxygen atoms in total. The van der Waals surface area contributed by atoms with Crippen molar-refractivity contribution in [2.45, 2.75) is 6.42 Å². The van der Waals surface area contributed by atoms with Gasteiger partial charge in [0.25, 0.3) is 5.91 Å². The molecule has 0 aromatic heterocycles. The van der Waals surface area contributed by atoms with E-state index in [-0.39, 0.29) is 18.9 Å². The number of benzene rings is 2. The fourth-order valence-electron chi connectivity index (χ4n) is 3.09. The van der Waals surface area contributed by atoms with Gasteiger partial charge in [-0.3, -0.25) is 14.4 Å². The fraction of sp³-hybridized carbons (Fsp3) is 0.286. The van der Waals surface area contributed by atoms with Crippen LogP contribution in [-0.4, -0.2) is 45.2 Å². The van der Waals surface area contributed by atoms with Gasteiger partial charge >= 0.3 is 5.97 Å². The van der Waals surface area contributed by atoms with E-state index in [1.165, 1.54) is 43.4 Å². The second kappa shape index (κ2) is 9.25. The highest BCUT2D eigenvalue weighted by atomic mass is 19.1. The topological polar surface area (TPSA) is 94.2 Å². The van der Waals surface area contributed by atoms with E-state index in [4.69, 9.17) is 14.2 Å². The van der Waals surface area contributed by atoms with Crippen LogP contribution in [0.3, 0.4) is 0 Å². The Kier molecular flexibility index (Phi) is 6.51. The van der Waals surface area contributed by atoms with E-state index in [2.05, 4.69) is 5.32 Å². The first-order valence-electron chi connectivity index (χ1n) is 9.15. The maximum Gasteiger partial charge on any atom is 0.311 e. The number of carbonyl (C=O) groups is 3. The molecule has 1 saturated heterocycles. The molecule has 3 rings (SSSR count). The minimum atomic E-state index is -0.706. The Morgan fingerprint density at radius 1 is 1.13 bits per heavy atom. The number of methoxy groups -OCH3 is 2. The van der Waals surface area contributed by atoms with Gasteiger partial charge in [0.1, 0.15) is 17.3 Å². The highest BCUT2D eigenvalue weighted by Crippen LogP contribution is 2.36. The highest BCUT2D eigenvalue weighted by molar-refractivity contribution is 6.01. The van der Waals surface area contributed by atoms with E-state index < -0.39 is 30.2 Å². The average Bonchev–Trinajstić information content (AvgIpc) is 3.14. The molecule has 0 aliphatic carbocycles. The summed E-state index contributed by atoms with van der Waals surface area (Å²) in [6, 6.07) is 10.2. The lowest BCUT2D eigenvalue weighted by Crippen LogP contribution is -2.28. The van der Waals surface area contributed by atoms with Crippen molar-refractivity contribution in [1.82, 2.24) is 0 Å². The van der Waals surface area contributed by atoms with E-state index in [1.54, 1.807) is 18.2 Å². The zero-order valence-electron chi connectivity index (χ0n) is 16.5. The fourth-order valence-corrected chi connectivity index (χ4v) is 3.09. The van der Waals surface area contributed by atoms with Crippen LogP contribution in [0.1, 0.15) is 6.42 Å². The van der Waals surface area contributed by atoms with E-state index >= 15 is 0 Å². The van der Waals surface area contributed by atoms with Crippen molar-refractivity contribution >= 4 is 29.2 Å². The number of hydrogen-bond acceptors (Lipinski definition) is 6. The van der Waals surface area contributed by atoms with Crippen LogP contribution >= 0.6 is 0 Å². The number of ether oxygens (including phenoxy) is 3. The first kappa shape index (κ1) is 21.1. The van der Waals surface area contributed by atoms with Crippen LogP contribution in [-0.2, 0) is 19.1 Å². The number of anilines is 2. The van der Waals surface area contributed by atoms with Gasteiger partial charge in [0.2, 0.25) is 5.91 Å². The van der Waals surface area contributed by atoms with Gasteiger partial charge in [-0.05, 0) is 36.4 Å². The highest BCUT2D eigenvalue weighted by Gasteiger charge is 2.37. The van der Waals surface area contributed by atoms with Crippen molar-refractivity contribution in [2.24, 2.45) is 5.92 Å². The zero-order chi connectivity index (χ0) is 21.7. The van der Waals surface area contributed by atoms with Crippen molar-refractivity contribution in [1.29, 1.82) is 0 Å². The molecule has 1 atom stereocenters. The lowest BCUT2D eigenvalue weighted by molar-refractivity contribution is -0.151. The molecule has 1 aliphatic heterocycles. The molecule has 1 fully saturated rings. The SMILES string of the molecule is COc1ccc(N2C[C@H](C(=O)OCC(=O)Nc3ccc(F)cc3)CC2=O)c(OC)c1. The molecule has 2 amide bonds. The Hall–Kier alpha value is -3.62. The predicted octanol–water partition coefficient (Wildman–Crippen LogP) is 2.38. The van der Waals surface area contributed by atoms with Crippen LogP contribution in [0.5, 0.6) is 11.5 Å². The lowest BCUT2D eigenvalue weighted by atomic mass is 10.1. The van der Waals surface area contributed by atoms with Crippen LogP contribution in [0.15, 0.2) is 42.5 Å². The summed E-state index contributed by atoms with van der Waals surface area (Å²) in [5, 5.41) is 2.50. The Balaban J connectivity index is 1.57. The van der Waals surface area contributed by atoms with Crippen LogP contribution in [0, 0.1) is 11.7 Å². The molecule has 2 aromatic rings. The first-order valence-corrected chi connectivity index (χ1v) is 9.15. The Labute approximate surface area is 172 Å². The van der Waals surface area contributed by atoms with Gasteiger partial charge in [-0.2, -0.15) is 0 Å². The van der Waals surface area contributed by atoms with Crippen LogP contribution < -0.4 is 19.7 Å². The molecule has 1 aliphatic rings. The van der Waals surface area contributed by atoms with Crippen molar-refractivity contribution in [3.63, 3.8) is 0 Å². The second-order valence-electron chi connectivity index (χ2n) is 6.61. The number of amides is 2. The standard InChI is InChI=1S/C21H21FN2O6/c1-28-16-7-8-17(18(10-16)29-2)24-11-13(9-20(24)26)21(27)30-12-19(25)23-15-5-3-14(22)4-6-15/h3-8,10,13H,9,11-12H2,1-2H3,(H,23,25)/t13-/m1/s1. The van der Waals surface area contributed by atoms with Gasteiger partial charge < -0.3 is 24.4 Å². The molecule has 2 aromatic carbocycles. The first-order chi connectivity index (χ1) is 14.4. The maximum atomic E-state index is 12.9. The van der Waals surface area contributed by atoms with Crippen molar-refractivity contribution in [3.8, 4) is 11.5 Å². The summed E-state index contributed by atoms with van der Waals surface area (Å²) in [6.07, 6.45) is -0.0341. The number of carbonyl (C=O) groups excluding carboxylic acids is 3. The van der Waals surface area contributed by atoms with Gasteiger partial charge in [0, 0.05) is 24.7 Å². The summed E-state index contributed by atoms with van der Waals surface area (Å²) in [5.41, 5.74) is 0.902. The van der Waals surface area contributed by atoms with Gasteiger partial charge in [-0.25, -0.2) is 4.39 Å². The Morgan fingerprint density at radius 2 is 1.87 bits per heavy atom. The van der Waals surface area contributed by atoms with Gasteiger partial charge in [-0.1, -0.05) is 0 Å². The Bertz CT molecular complexity index is 947. The second-order valence-corrected chi connectivity index (χ2v) is 6.61. The summed E-state index contributed by atoms with van der Waals surface area (Å²) in [6.45, 7) is -0.396. The van der Waals surface area contributed by atoms with Crippen molar-refractivity contribution in [2.75, 3.05) is 37.6 Å². The average molecular weight is 416 g/mol. The third kappa shape index (κ3) is 4.86. The molecule has 1 N–H and O–H groups in total. The van der Waals surface area contributed by atoms with Crippen molar-refractivity contribution < 1.29 is 33.0 Å². The Morgan fingerprint density at radius 3 is 2.53 bits per heavy atom. The van der Waals surface area contributed by atoms with Gasteiger partial charge in [-0.15, -0.1) is 0 Å². The summed E-state index contributed by atoms with van der Waals surface area (Å²) in [4.78, 5) is 38.2. The van der Waals surface area contributed by atoms with E-state index in [1.807, 2.05) is 0 Å². The third-order valence-corrected chi connectivity index (χ3v) is 4.61. The smallest absolute Gasteiger partial charge is 0.311 e. The molecule has 158 valence electrons. The predicted molar refractivity (Wildman–Crippen MR) is 106 cm³/mol. The molecular weight excluding hydrogens is 395 g/mol. The van der Waals surface area contributed by atoms with E-state index in [9.17, 15) is 18.8 Å². The van der Waals surface area contributed by atoms with Gasteiger partial charge in [0.05, 0.1) is 25.8 Å². The summed E-state index contributed by atoms with van der Waals surface area (Å²) < 4.78 is 28.4. The molecule has 30 heavy (non-hydrogen) atoms. The number of nitrogens with zero attached hydrogens (tertiary/aromatic N) is 1. The largest absolute Gasteiger partial charge is 0.497 e. The number of halogens is 1. The summed E-state index contributed by atoms with van der Waals surface area (Å²) in [7, 11) is 3.00. The van der Waals surface area contributed by atoms with Crippen LogP contribution in [0.25, 0.3) is 0 Å². The number of nitrogens with one attached hydrogen (secondary N) is 1. The number of rotatable bonds is 7. The minimum Gasteiger partial charge on any atom is -0.497 e. The molecule has 9 heteroatoms. The number of hydrogen-bond donors (Lipinski definition) is 1. The van der Waals surface area contributed by atoms with Gasteiger partial charge in [0.15, 0.2) is 6.61 Å². The molecule has 0 radical (unpaired) electrons. The lowest BCUT2D eigenvalue weighted by Gasteiger charge is -2.20. The molecular formula is C21H21FN2O6. The third-order valence-electron chi connectivity index (χ3n) is 4.61. The molecule has 0 bridgehead atoms. The number of esters is 1. The van der Waals surface area contributed by atoms with Crippen LogP contribution in [0.2, 0.25) is 0 Å². The van der Waals surface area contributed by atoms with Crippen molar-refractivity contribution in [3.05, 3.63) is 48.3 Å². The quantitative estimate of drug-likeness (QED) is 0.697. The monoisotopic (exact) mass is 416 g/mol. The summed E-state index contributed by atoms with van der Waals surface area (Å²) >= 11 is 0. The van der Waals surface area contributed by atoms with E-state index in [0.717, 1.165) is 0 Å². The molecule has 0 saturated carbocycles. The zero-order valence-corrected chi connectivity index (χ0v) is 16.5. The molecule has 0 unspecified atom stereocenters. The normalized spacial score (nSPS) is 15.6. The maximum absolute atomic E-state index is 12.9.